The highest BCUT2D eigenvalue weighted by Gasteiger charge is 2.22. The molecule has 0 bridgehead atoms. The van der Waals surface area contributed by atoms with Crippen LogP contribution in [0.2, 0.25) is 0 Å². The van der Waals surface area contributed by atoms with Crippen molar-refractivity contribution in [2.24, 2.45) is 0 Å². The van der Waals surface area contributed by atoms with Crippen LogP contribution in [-0.2, 0) is 6.54 Å². The van der Waals surface area contributed by atoms with Gasteiger partial charge in [-0.1, -0.05) is 6.07 Å². The minimum atomic E-state index is 0.658. The first-order valence-corrected chi connectivity index (χ1v) is 9.00. The predicted octanol–water partition coefficient (Wildman–Crippen LogP) is 4.41. The number of nitrogens with one attached hydrogen (secondary N) is 1. The number of halogens is 1. The maximum absolute atomic E-state index is 11.8. The molecule has 0 fully saturated rings. The zero-order chi connectivity index (χ0) is 17.6. The van der Waals surface area contributed by atoms with Crippen LogP contribution in [0.25, 0.3) is 22.2 Å². The van der Waals surface area contributed by atoms with Gasteiger partial charge in [0.25, 0.3) is 0 Å². The van der Waals surface area contributed by atoms with Gasteiger partial charge in [0.15, 0.2) is 6.29 Å². The average Bonchev–Trinajstić information content (AvgIpc) is 3.03. The summed E-state index contributed by atoms with van der Waals surface area (Å²) in [6.45, 7) is 3.81. The molecule has 0 unspecified atom stereocenters. The number of nitrogens with zero attached hydrogens (tertiary/aromatic N) is 2. The quantitative estimate of drug-likeness (QED) is 0.662. The number of anilines is 1. The average molecular weight is 400 g/mol. The number of rotatable bonds is 3. The van der Waals surface area contributed by atoms with Crippen LogP contribution in [0.4, 0.5) is 5.95 Å². The standard InChI is InChI=1S/C19H18BrN3O2/c1-11-8-13(25-2)4-5-14(11)15-9-12(10-24)18-17(16(15)20)22-19-21-6-3-7-23(18)19/h4-5,8-10H,3,6-7H2,1-2H3,(H,21,22). The van der Waals surface area contributed by atoms with Gasteiger partial charge in [0.05, 0.1) is 17.1 Å². The van der Waals surface area contributed by atoms with Crippen LogP contribution in [0.15, 0.2) is 28.7 Å². The first-order chi connectivity index (χ1) is 12.1. The van der Waals surface area contributed by atoms with Crippen LogP contribution < -0.4 is 10.1 Å². The van der Waals surface area contributed by atoms with Crippen LogP contribution >= 0.6 is 15.9 Å². The number of carbonyl (C=O) groups is 1. The number of ether oxygens (including phenoxy) is 1. The van der Waals surface area contributed by atoms with Gasteiger partial charge in [0.1, 0.15) is 11.3 Å². The molecule has 1 aromatic heterocycles. The van der Waals surface area contributed by atoms with Crippen molar-refractivity contribution in [1.82, 2.24) is 9.55 Å². The third-order valence-corrected chi connectivity index (χ3v) is 5.48. The molecular weight excluding hydrogens is 382 g/mol. The minimum absolute atomic E-state index is 0.658. The Kier molecular flexibility index (Phi) is 4.00. The lowest BCUT2D eigenvalue weighted by Gasteiger charge is -2.17. The maximum atomic E-state index is 11.8. The molecule has 0 spiro atoms. The summed E-state index contributed by atoms with van der Waals surface area (Å²) in [6.07, 6.45) is 1.94. The lowest BCUT2D eigenvalue weighted by Crippen LogP contribution is -2.17. The molecule has 0 amide bonds. The molecule has 25 heavy (non-hydrogen) atoms. The first kappa shape index (κ1) is 16.1. The van der Waals surface area contributed by atoms with E-state index in [0.717, 1.165) is 69.7 Å². The lowest BCUT2D eigenvalue weighted by atomic mass is 9.97. The molecule has 1 aliphatic rings. The van der Waals surface area contributed by atoms with E-state index in [-0.39, 0.29) is 0 Å². The van der Waals surface area contributed by atoms with Crippen LogP contribution in [0, 0.1) is 6.92 Å². The molecule has 4 rings (SSSR count). The second-order valence-electron chi connectivity index (χ2n) is 6.19. The predicted molar refractivity (Wildman–Crippen MR) is 103 cm³/mol. The van der Waals surface area contributed by atoms with Gasteiger partial charge in [0, 0.05) is 18.7 Å². The van der Waals surface area contributed by atoms with Crippen molar-refractivity contribution in [1.29, 1.82) is 0 Å². The molecule has 3 aromatic rings. The Hall–Kier alpha value is -2.34. The molecule has 128 valence electrons. The van der Waals surface area contributed by atoms with Crippen LogP contribution in [0.5, 0.6) is 5.75 Å². The van der Waals surface area contributed by atoms with Crippen molar-refractivity contribution in [3.63, 3.8) is 0 Å². The van der Waals surface area contributed by atoms with Crippen molar-refractivity contribution in [3.05, 3.63) is 39.9 Å². The number of aldehydes is 1. The molecular formula is C19H18BrN3O2. The zero-order valence-electron chi connectivity index (χ0n) is 14.1. The van der Waals surface area contributed by atoms with Gasteiger partial charge in [-0.05, 0) is 64.2 Å². The van der Waals surface area contributed by atoms with E-state index in [0.29, 0.717) is 5.56 Å². The Morgan fingerprint density at radius 1 is 1.32 bits per heavy atom. The molecule has 0 aliphatic carbocycles. The largest absolute Gasteiger partial charge is 0.497 e. The van der Waals surface area contributed by atoms with Gasteiger partial charge in [0.2, 0.25) is 5.95 Å². The Balaban J connectivity index is 2.00. The summed E-state index contributed by atoms with van der Waals surface area (Å²) < 4.78 is 8.30. The highest BCUT2D eigenvalue weighted by Crippen LogP contribution is 2.39. The number of hydrogen-bond donors (Lipinski definition) is 1. The van der Waals surface area contributed by atoms with E-state index in [1.165, 1.54) is 0 Å². The third-order valence-electron chi connectivity index (χ3n) is 4.68. The normalized spacial score (nSPS) is 13.4. The number of aryl methyl sites for hydroxylation is 2. The molecule has 0 radical (unpaired) electrons. The van der Waals surface area contributed by atoms with E-state index >= 15 is 0 Å². The fourth-order valence-electron chi connectivity index (χ4n) is 3.45. The number of methoxy groups -OCH3 is 1. The van der Waals surface area contributed by atoms with Crippen molar-refractivity contribution in [3.8, 4) is 16.9 Å². The molecule has 2 aromatic carbocycles. The van der Waals surface area contributed by atoms with Crippen molar-refractivity contribution >= 4 is 39.2 Å². The SMILES string of the molecule is COc1ccc(-c2cc(C=O)c3c(nc4n3CCCN4)c2Br)c(C)c1. The number of carbonyl (C=O) groups excluding carboxylic acids is 1. The fourth-order valence-corrected chi connectivity index (χ4v) is 4.06. The van der Waals surface area contributed by atoms with E-state index < -0.39 is 0 Å². The van der Waals surface area contributed by atoms with Crippen molar-refractivity contribution in [2.45, 2.75) is 19.9 Å². The lowest BCUT2D eigenvalue weighted by molar-refractivity contribution is 0.112. The highest BCUT2D eigenvalue weighted by molar-refractivity contribution is 9.10. The zero-order valence-corrected chi connectivity index (χ0v) is 15.7. The maximum Gasteiger partial charge on any atom is 0.203 e. The van der Waals surface area contributed by atoms with Gasteiger partial charge in [-0.25, -0.2) is 4.98 Å². The second kappa shape index (κ2) is 6.19. The topological polar surface area (TPSA) is 56.1 Å². The number of hydrogen-bond acceptors (Lipinski definition) is 4. The molecule has 0 saturated heterocycles. The van der Waals surface area contributed by atoms with Crippen LogP contribution in [-0.4, -0.2) is 29.5 Å². The highest BCUT2D eigenvalue weighted by atomic mass is 79.9. The van der Waals surface area contributed by atoms with Gasteiger partial charge in [-0.15, -0.1) is 0 Å². The third kappa shape index (κ3) is 2.52. The Morgan fingerprint density at radius 3 is 2.88 bits per heavy atom. The molecule has 1 aliphatic heterocycles. The van der Waals surface area contributed by atoms with Crippen LogP contribution in [0.3, 0.4) is 0 Å². The fraction of sp³-hybridized carbons (Fsp3) is 0.263. The molecule has 2 heterocycles. The smallest absolute Gasteiger partial charge is 0.203 e. The Labute approximate surface area is 154 Å². The summed E-state index contributed by atoms with van der Waals surface area (Å²) in [6, 6.07) is 7.88. The first-order valence-electron chi connectivity index (χ1n) is 8.21. The number of fused-ring (bicyclic) bond motifs is 3. The summed E-state index contributed by atoms with van der Waals surface area (Å²) in [5, 5.41) is 3.31. The summed E-state index contributed by atoms with van der Waals surface area (Å²) in [4.78, 5) is 16.5. The van der Waals surface area contributed by atoms with E-state index in [4.69, 9.17) is 9.72 Å². The minimum Gasteiger partial charge on any atom is -0.497 e. The van der Waals surface area contributed by atoms with E-state index in [9.17, 15) is 4.79 Å². The van der Waals surface area contributed by atoms with Gasteiger partial charge in [-0.3, -0.25) is 4.79 Å². The summed E-state index contributed by atoms with van der Waals surface area (Å²) in [5.74, 6) is 1.64. The van der Waals surface area contributed by atoms with E-state index in [1.54, 1.807) is 7.11 Å². The van der Waals surface area contributed by atoms with E-state index in [1.807, 2.05) is 31.2 Å². The molecule has 0 atom stereocenters. The second-order valence-corrected chi connectivity index (χ2v) is 6.98. The number of benzene rings is 2. The van der Waals surface area contributed by atoms with Gasteiger partial charge >= 0.3 is 0 Å². The van der Waals surface area contributed by atoms with Gasteiger partial charge in [-0.2, -0.15) is 0 Å². The van der Waals surface area contributed by atoms with Crippen molar-refractivity contribution < 1.29 is 9.53 Å². The van der Waals surface area contributed by atoms with E-state index in [2.05, 4.69) is 25.8 Å². The molecule has 1 N–H and O–H groups in total. The van der Waals surface area contributed by atoms with Gasteiger partial charge < -0.3 is 14.6 Å². The molecule has 0 saturated carbocycles. The van der Waals surface area contributed by atoms with Crippen LogP contribution in [0.1, 0.15) is 22.3 Å². The van der Waals surface area contributed by atoms with Crippen molar-refractivity contribution in [2.75, 3.05) is 19.0 Å². The number of aromatic nitrogens is 2. The Bertz CT molecular complexity index is 994. The summed E-state index contributed by atoms with van der Waals surface area (Å²) in [5.41, 5.74) is 5.46. The summed E-state index contributed by atoms with van der Waals surface area (Å²) >= 11 is 3.73. The summed E-state index contributed by atoms with van der Waals surface area (Å²) in [7, 11) is 1.66. The molecule has 5 nitrogen and oxygen atoms in total. The monoisotopic (exact) mass is 399 g/mol. The Morgan fingerprint density at radius 2 is 2.16 bits per heavy atom. The molecule has 6 heteroatoms. The number of imidazole rings is 1.